The summed E-state index contributed by atoms with van der Waals surface area (Å²) in [5, 5.41) is 0. The number of rotatable bonds is 20. The molecule has 0 saturated carbocycles. The Bertz CT molecular complexity index is 1450. The predicted molar refractivity (Wildman–Crippen MR) is 125 cm³/mol. The highest BCUT2D eigenvalue weighted by Gasteiger charge is 2.97. The van der Waals surface area contributed by atoms with Gasteiger partial charge >= 0.3 is 101 Å². The van der Waals surface area contributed by atoms with Gasteiger partial charge in [0.1, 0.15) is 5.60 Å². The number of hydrogen-bond donors (Lipinski definition) is 0. The highest BCUT2D eigenvalue weighted by molar-refractivity contribution is 5.69. The summed E-state index contributed by atoms with van der Waals surface area (Å²) in [6, 6.07) is 0. The lowest BCUT2D eigenvalue weighted by Gasteiger charge is -2.43. The SMILES string of the molecule is CCC(=O)OC(C)(CCC(F)(F)C(F)(F)C(F)(F)C(F)(F)C(F)(F)C(F)(F)C(F)(F)C(F)(F)F)CCC(F)(F)C(F)(F)C(F)(F)C(F)(F)C(F)(F)C(F)(F)C(F)(F)C(F)(F)F. The van der Waals surface area contributed by atoms with Gasteiger partial charge in [0.2, 0.25) is 0 Å². The smallest absolute Gasteiger partial charge is 0.459 e. The van der Waals surface area contributed by atoms with Crippen molar-refractivity contribution in [3.63, 3.8) is 0 Å². The van der Waals surface area contributed by atoms with E-state index < -0.39 is 146 Å². The molecule has 0 aliphatic rings. The van der Waals surface area contributed by atoms with Gasteiger partial charge < -0.3 is 4.74 Å². The van der Waals surface area contributed by atoms with E-state index in [2.05, 4.69) is 4.74 Å². The van der Waals surface area contributed by atoms with Crippen molar-refractivity contribution < 1.29 is 159 Å². The third-order valence-electron chi connectivity index (χ3n) is 8.16. The van der Waals surface area contributed by atoms with E-state index in [1.807, 2.05) is 0 Å². The van der Waals surface area contributed by atoms with Crippen LogP contribution in [0.25, 0.3) is 0 Å². The van der Waals surface area contributed by atoms with Crippen molar-refractivity contribution in [3.8, 4) is 0 Å². The van der Waals surface area contributed by atoms with Crippen LogP contribution in [0.4, 0.5) is 149 Å². The van der Waals surface area contributed by atoms with Crippen LogP contribution in [0.2, 0.25) is 0 Å². The molecule has 36 heteroatoms. The number of halogens is 34. The molecule has 0 N–H and O–H groups in total. The van der Waals surface area contributed by atoms with Gasteiger partial charge in [-0.05, 0) is 19.8 Å². The third-order valence-corrected chi connectivity index (χ3v) is 8.16. The molecule has 0 unspecified atom stereocenters. The predicted octanol–water partition coefficient (Wildman–Crippen LogP) is 13.3. The monoisotopic (exact) mass is 994 g/mol. The summed E-state index contributed by atoms with van der Waals surface area (Å²) in [7, 11) is 0. The van der Waals surface area contributed by atoms with E-state index in [0.717, 1.165) is 0 Å². The number of hydrogen-bond acceptors (Lipinski definition) is 2. The zero-order valence-corrected chi connectivity index (χ0v) is 28.2. The Hall–Kier alpha value is -2.91. The van der Waals surface area contributed by atoms with Crippen molar-refractivity contribution >= 4 is 5.97 Å². The van der Waals surface area contributed by atoms with Crippen LogP contribution < -0.4 is 0 Å². The number of alkyl halides is 34. The molecule has 0 rings (SSSR count). The molecular weight excluding hydrogens is 978 g/mol. The van der Waals surface area contributed by atoms with Crippen molar-refractivity contribution in [1.29, 1.82) is 0 Å². The van der Waals surface area contributed by atoms with Crippen LogP contribution in [0.15, 0.2) is 0 Å². The molecule has 2 nitrogen and oxygen atoms in total. The van der Waals surface area contributed by atoms with E-state index in [4.69, 9.17) is 0 Å². The largest absolute Gasteiger partial charge is 0.460 e. The summed E-state index contributed by atoms with van der Waals surface area (Å²) >= 11 is 0. The van der Waals surface area contributed by atoms with Gasteiger partial charge in [0, 0.05) is 19.3 Å². The molecule has 0 spiro atoms. The van der Waals surface area contributed by atoms with Crippen LogP contribution in [0.1, 0.15) is 46.0 Å². The average molecular weight is 994 g/mol. The van der Waals surface area contributed by atoms with Gasteiger partial charge in [0.15, 0.2) is 0 Å². The molecule has 366 valence electrons. The van der Waals surface area contributed by atoms with Gasteiger partial charge in [-0.25, -0.2) is 0 Å². The van der Waals surface area contributed by atoms with Crippen molar-refractivity contribution in [1.82, 2.24) is 0 Å². The minimum absolute atomic E-state index is 0.398. The molecule has 61 heavy (non-hydrogen) atoms. The molecule has 0 heterocycles. The molecule has 0 bridgehead atoms. The first-order valence-corrected chi connectivity index (χ1v) is 14.5. The Balaban J connectivity index is 7.13. The van der Waals surface area contributed by atoms with E-state index in [1.165, 1.54) is 0 Å². The van der Waals surface area contributed by atoms with Crippen LogP contribution in [-0.2, 0) is 9.53 Å². The Morgan fingerprint density at radius 3 is 0.672 bits per heavy atom. The van der Waals surface area contributed by atoms with Gasteiger partial charge in [-0.3, -0.25) is 4.79 Å². The maximum absolute atomic E-state index is 14.4. The first-order chi connectivity index (χ1) is 25.9. The zero-order valence-electron chi connectivity index (χ0n) is 28.2. The summed E-state index contributed by atoms with van der Waals surface area (Å²) in [6.07, 6.45) is -30.8. The van der Waals surface area contributed by atoms with Crippen LogP contribution in [0, 0.1) is 0 Å². The van der Waals surface area contributed by atoms with Gasteiger partial charge in [0.25, 0.3) is 0 Å². The van der Waals surface area contributed by atoms with Crippen LogP contribution in [0.5, 0.6) is 0 Å². The summed E-state index contributed by atoms with van der Waals surface area (Å²) in [5.41, 5.74) is -4.04. The molecular formula is C25H16F34O2. The molecule has 0 saturated heterocycles. The molecule has 0 aromatic rings. The standard InChI is InChI=1S/C25H16F34O2/c1-3-8(60)61-9(2,4-6-10(26,27)12(30,31)14(34,35)16(38,39)18(42,43)20(46,47)22(50,51)24(54,55)56)5-7-11(28,29)13(32,33)15(36,37)17(40,41)19(44,45)21(48,49)23(52,53)25(57,58)59/h3-7H2,1-2H3. The van der Waals surface area contributed by atoms with Crippen molar-refractivity contribution in [2.45, 2.75) is 147 Å². The summed E-state index contributed by atoms with van der Waals surface area (Å²) in [4.78, 5) is 11.6. The summed E-state index contributed by atoms with van der Waals surface area (Å²) in [5.74, 6) is -124. The molecule has 0 fully saturated rings. The quantitative estimate of drug-likeness (QED) is 0.0897. The Morgan fingerprint density at radius 1 is 0.311 bits per heavy atom. The van der Waals surface area contributed by atoms with E-state index in [-0.39, 0.29) is 0 Å². The van der Waals surface area contributed by atoms with Gasteiger partial charge in [-0.15, -0.1) is 0 Å². The van der Waals surface area contributed by atoms with Crippen LogP contribution >= 0.6 is 0 Å². The molecule has 0 aromatic carbocycles. The molecule has 0 aliphatic heterocycles. The van der Waals surface area contributed by atoms with Crippen molar-refractivity contribution in [2.75, 3.05) is 0 Å². The molecule has 0 aromatic heterocycles. The highest BCUT2D eigenvalue weighted by atomic mass is 19.4. The van der Waals surface area contributed by atoms with E-state index in [0.29, 0.717) is 6.92 Å². The number of ether oxygens (including phenoxy) is 1. The first-order valence-electron chi connectivity index (χ1n) is 14.5. The van der Waals surface area contributed by atoms with E-state index >= 15 is 0 Å². The number of esters is 1. The maximum Gasteiger partial charge on any atom is 0.460 e. The van der Waals surface area contributed by atoms with Gasteiger partial charge in [0.05, 0.1) is 0 Å². The second-order valence-corrected chi connectivity index (χ2v) is 12.6. The average Bonchev–Trinajstić information content (AvgIpc) is 3.04. The normalized spacial score (nSPS) is 16.6. The molecule has 0 aliphatic carbocycles. The van der Waals surface area contributed by atoms with E-state index in [1.54, 1.807) is 0 Å². The minimum Gasteiger partial charge on any atom is -0.459 e. The lowest BCUT2D eigenvalue weighted by atomic mass is 9.83. The lowest BCUT2D eigenvalue weighted by molar-refractivity contribution is -0.462. The third kappa shape index (κ3) is 8.35. The summed E-state index contributed by atoms with van der Waals surface area (Å²) < 4.78 is 464. The summed E-state index contributed by atoms with van der Waals surface area (Å²) in [6.45, 7) is 0.125. The Kier molecular flexibility index (Phi) is 14.6. The number of carbonyl (C=O) groups is 1. The van der Waals surface area contributed by atoms with Crippen LogP contribution in [-0.4, -0.2) is 107 Å². The number of carbonyl (C=O) groups excluding carboxylic acids is 1. The molecule has 0 amide bonds. The fourth-order valence-corrected chi connectivity index (χ4v) is 4.12. The second kappa shape index (κ2) is 15.4. The van der Waals surface area contributed by atoms with Gasteiger partial charge in [-0.1, -0.05) is 6.92 Å². The van der Waals surface area contributed by atoms with Crippen LogP contribution in [0.3, 0.4) is 0 Å². The Labute approximate surface area is 312 Å². The second-order valence-electron chi connectivity index (χ2n) is 12.6. The van der Waals surface area contributed by atoms with Gasteiger partial charge in [-0.2, -0.15) is 149 Å². The Morgan fingerprint density at radius 2 is 0.492 bits per heavy atom. The maximum atomic E-state index is 14.4. The topological polar surface area (TPSA) is 26.3 Å². The molecule has 0 radical (unpaired) electrons. The van der Waals surface area contributed by atoms with E-state index in [9.17, 15) is 154 Å². The minimum atomic E-state index is -9.17. The fraction of sp³-hybridized carbons (Fsp3) is 0.960. The lowest BCUT2D eigenvalue weighted by Crippen LogP contribution is -2.74. The van der Waals surface area contributed by atoms with Crippen molar-refractivity contribution in [2.24, 2.45) is 0 Å². The molecule has 0 atom stereocenters. The first kappa shape index (κ1) is 58.1. The zero-order chi connectivity index (χ0) is 50.3. The highest BCUT2D eigenvalue weighted by Crippen LogP contribution is 2.66. The van der Waals surface area contributed by atoms with Crippen molar-refractivity contribution in [3.05, 3.63) is 0 Å². The fourth-order valence-electron chi connectivity index (χ4n) is 4.12.